The number of rotatable bonds is 8. The lowest BCUT2D eigenvalue weighted by molar-refractivity contribution is -0.384. The Labute approximate surface area is 213 Å². The van der Waals surface area contributed by atoms with Gasteiger partial charge in [-0.2, -0.15) is 10.2 Å². The number of nitro groups is 1. The molecule has 0 bridgehead atoms. The summed E-state index contributed by atoms with van der Waals surface area (Å²) >= 11 is 9.57. The molecule has 0 aliphatic heterocycles. The Balaban J connectivity index is 1.38. The van der Waals surface area contributed by atoms with Crippen LogP contribution in [0, 0.1) is 24.0 Å². The van der Waals surface area contributed by atoms with E-state index in [1.54, 1.807) is 18.3 Å². The van der Waals surface area contributed by atoms with Gasteiger partial charge in [0.15, 0.2) is 12.4 Å². The van der Waals surface area contributed by atoms with Crippen LogP contribution in [0.3, 0.4) is 0 Å². The quantitative estimate of drug-likeness (QED) is 0.229. The largest absolute Gasteiger partial charge is 0.470 e. The molecule has 0 spiro atoms. The van der Waals surface area contributed by atoms with Gasteiger partial charge in [-0.15, -0.1) is 0 Å². The number of non-ortho nitro benzene ring substituents is 1. The van der Waals surface area contributed by atoms with Gasteiger partial charge in [-0.05, 0) is 59.6 Å². The van der Waals surface area contributed by atoms with E-state index in [1.807, 2.05) is 36.7 Å². The van der Waals surface area contributed by atoms with Gasteiger partial charge in [-0.3, -0.25) is 19.6 Å². The average Bonchev–Trinajstić information content (AvgIpc) is 3.39. The number of nitrogens with zero attached hydrogens (tertiary/aromatic N) is 5. The summed E-state index contributed by atoms with van der Waals surface area (Å²) in [4.78, 5) is 23.0. The number of ether oxygens (including phenoxy) is 1. The first-order valence-electron chi connectivity index (χ1n) is 10.4. The molecule has 2 aromatic carbocycles. The van der Waals surface area contributed by atoms with Crippen molar-refractivity contribution >= 4 is 44.8 Å². The van der Waals surface area contributed by atoms with E-state index in [0.717, 1.165) is 21.4 Å². The summed E-state index contributed by atoms with van der Waals surface area (Å²) < 4.78 is 9.87. The monoisotopic (exact) mass is 558 g/mol. The van der Waals surface area contributed by atoms with Crippen molar-refractivity contribution in [1.82, 2.24) is 19.6 Å². The van der Waals surface area contributed by atoms with Gasteiger partial charge in [-0.25, -0.2) is 4.68 Å². The molecule has 4 rings (SSSR count). The number of hydrogen-bond donors (Lipinski definition) is 1. The minimum Gasteiger partial charge on any atom is -0.470 e. The predicted molar refractivity (Wildman–Crippen MR) is 134 cm³/mol. The van der Waals surface area contributed by atoms with Crippen LogP contribution in [0.4, 0.5) is 11.4 Å². The van der Waals surface area contributed by atoms with Crippen LogP contribution in [0.25, 0.3) is 0 Å². The van der Waals surface area contributed by atoms with E-state index in [0.29, 0.717) is 12.2 Å². The van der Waals surface area contributed by atoms with Crippen LogP contribution in [0.15, 0.2) is 59.2 Å². The number of carbonyl (C=O) groups is 1. The molecular formula is C23H20BrClN6O4. The first-order chi connectivity index (χ1) is 16.7. The van der Waals surface area contributed by atoms with Gasteiger partial charge in [0.05, 0.1) is 32.4 Å². The van der Waals surface area contributed by atoms with Gasteiger partial charge in [0, 0.05) is 24.0 Å². The zero-order valence-electron chi connectivity index (χ0n) is 18.7. The maximum atomic E-state index is 12.7. The second-order valence-electron chi connectivity index (χ2n) is 7.68. The van der Waals surface area contributed by atoms with Gasteiger partial charge < -0.3 is 10.1 Å². The van der Waals surface area contributed by atoms with Crippen molar-refractivity contribution in [2.45, 2.75) is 27.1 Å². The molecule has 2 aromatic heterocycles. The Bertz CT molecular complexity index is 1420. The first-order valence-corrected chi connectivity index (χ1v) is 11.6. The van der Waals surface area contributed by atoms with Crippen LogP contribution < -0.4 is 10.1 Å². The van der Waals surface area contributed by atoms with Crippen molar-refractivity contribution in [2.24, 2.45) is 0 Å². The fourth-order valence-electron chi connectivity index (χ4n) is 3.36. The molecule has 0 saturated heterocycles. The number of halogens is 2. The van der Waals surface area contributed by atoms with Crippen LogP contribution in [0.2, 0.25) is 5.02 Å². The van der Waals surface area contributed by atoms with Gasteiger partial charge in [-0.1, -0.05) is 23.7 Å². The van der Waals surface area contributed by atoms with Crippen molar-refractivity contribution in [1.29, 1.82) is 0 Å². The topological polar surface area (TPSA) is 117 Å². The van der Waals surface area contributed by atoms with Gasteiger partial charge in [0.2, 0.25) is 0 Å². The lowest BCUT2D eigenvalue weighted by Gasteiger charge is -2.09. The summed E-state index contributed by atoms with van der Waals surface area (Å²) in [6, 6.07) is 13.0. The molecule has 0 radical (unpaired) electrons. The predicted octanol–water partition coefficient (Wildman–Crippen LogP) is 5.36. The Morgan fingerprint density at radius 1 is 1.20 bits per heavy atom. The zero-order valence-corrected chi connectivity index (χ0v) is 21.1. The normalized spacial score (nSPS) is 10.9. The maximum absolute atomic E-state index is 12.7. The third-order valence-electron chi connectivity index (χ3n) is 5.16. The first kappa shape index (κ1) is 24.4. The minimum absolute atomic E-state index is 0.0293. The number of benzene rings is 2. The van der Waals surface area contributed by atoms with Gasteiger partial charge in [0.25, 0.3) is 11.6 Å². The molecule has 4 aromatic rings. The molecule has 1 amide bonds. The molecule has 0 fully saturated rings. The molecule has 0 aliphatic carbocycles. The average molecular weight is 560 g/mol. The SMILES string of the molecule is Cc1nn(Cc2cccc(NC(=O)c3ccn(COc4ccc([N+](=O)[O-])cc4Cl)n3)c2)c(C)c1Br. The van der Waals surface area contributed by atoms with Gasteiger partial charge in [0.1, 0.15) is 5.75 Å². The second-order valence-corrected chi connectivity index (χ2v) is 8.88. The van der Waals surface area contributed by atoms with Crippen LogP contribution in [-0.4, -0.2) is 30.4 Å². The highest BCUT2D eigenvalue weighted by Gasteiger charge is 2.14. The molecule has 12 heteroatoms. The third kappa shape index (κ3) is 5.69. The van der Waals surface area contributed by atoms with Crippen LogP contribution in [0.1, 0.15) is 27.4 Å². The fraction of sp³-hybridized carbons (Fsp3) is 0.174. The molecular weight excluding hydrogens is 540 g/mol. The van der Waals surface area contributed by atoms with Crippen molar-refractivity contribution in [3.63, 3.8) is 0 Å². The molecule has 0 aliphatic rings. The van der Waals surface area contributed by atoms with Crippen molar-refractivity contribution in [2.75, 3.05) is 5.32 Å². The van der Waals surface area contributed by atoms with E-state index in [-0.39, 0.29) is 34.8 Å². The van der Waals surface area contributed by atoms with Crippen molar-refractivity contribution < 1.29 is 14.5 Å². The lowest BCUT2D eigenvalue weighted by Crippen LogP contribution is -2.14. The smallest absolute Gasteiger partial charge is 0.276 e. The van der Waals surface area contributed by atoms with Crippen LogP contribution >= 0.6 is 27.5 Å². The highest BCUT2D eigenvalue weighted by molar-refractivity contribution is 9.10. The van der Waals surface area contributed by atoms with E-state index in [2.05, 4.69) is 31.4 Å². The standard InChI is InChI=1S/C23H20BrClN6O4/c1-14-22(24)15(2)30(27-14)12-16-4-3-5-17(10-16)26-23(32)20-8-9-29(28-20)13-35-21-7-6-18(31(33)34)11-19(21)25/h3-11H,12-13H2,1-2H3,(H,26,32). The maximum Gasteiger partial charge on any atom is 0.276 e. The number of nitrogens with one attached hydrogen (secondary N) is 1. The number of hydrogen-bond acceptors (Lipinski definition) is 6. The summed E-state index contributed by atoms with van der Waals surface area (Å²) in [5, 5.41) is 22.5. The molecule has 0 atom stereocenters. The minimum atomic E-state index is -0.540. The summed E-state index contributed by atoms with van der Waals surface area (Å²) in [7, 11) is 0. The van der Waals surface area contributed by atoms with Crippen molar-refractivity contribution in [3.05, 3.63) is 97.0 Å². The number of nitro benzene ring substituents is 1. The summed E-state index contributed by atoms with van der Waals surface area (Å²) in [5.74, 6) is -0.103. The molecule has 35 heavy (non-hydrogen) atoms. The summed E-state index contributed by atoms with van der Waals surface area (Å²) in [6.07, 6.45) is 1.59. The van der Waals surface area contributed by atoms with Crippen LogP contribution in [-0.2, 0) is 13.3 Å². The summed E-state index contributed by atoms with van der Waals surface area (Å²) in [5.41, 5.74) is 3.64. The second kappa shape index (κ2) is 10.3. The lowest BCUT2D eigenvalue weighted by atomic mass is 10.2. The van der Waals surface area contributed by atoms with E-state index >= 15 is 0 Å². The van der Waals surface area contributed by atoms with Crippen molar-refractivity contribution in [3.8, 4) is 5.75 Å². The Morgan fingerprint density at radius 2 is 2.00 bits per heavy atom. The van der Waals surface area contributed by atoms with E-state index in [1.165, 1.54) is 22.9 Å². The number of aryl methyl sites for hydroxylation is 1. The van der Waals surface area contributed by atoms with Crippen LogP contribution in [0.5, 0.6) is 5.75 Å². The highest BCUT2D eigenvalue weighted by atomic mass is 79.9. The Kier molecular flexibility index (Phi) is 7.17. The Hall–Kier alpha value is -3.70. The van der Waals surface area contributed by atoms with Gasteiger partial charge >= 0.3 is 0 Å². The number of carbonyl (C=O) groups excluding carboxylic acids is 1. The molecule has 2 heterocycles. The number of aromatic nitrogens is 4. The number of anilines is 1. The molecule has 180 valence electrons. The third-order valence-corrected chi connectivity index (χ3v) is 6.61. The Morgan fingerprint density at radius 3 is 2.69 bits per heavy atom. The summed E-state index contributed by atoms with van der Waals surface area (Å²) in [6.45, 7) is 4.47. The van der Waals surface area contributed by atoms with E-state index < -0.39 is 4.92 Å². The molecule has 1 N–H and O–H groups in total. The highest BCUT2D eigenvalue weighted by Crippen LogP contribution is 2.29. The molecule has 0 saturated carbocycles. The molecule has 10 nitrogen and oxygen atoms in total. The molecule has 0 unspecified atom stereocenters. The van der Waals surface area contributed by atoms with E-state index in [4.69, 9.17) is 16.3 Å². The number of amides is 1. The fourth-order valence-corrected chi connectivity index (χ4v) is 3.87. The van der Waals surface area contributed by atoms with E-state index in [9.17, 15) is 14.9 Å². The zero-order chi connectivity index (χ0) is 25.1.